The van der Waals surface area contributed by atoms with Gasteiger partial charge in [-0.15, -0.1) is 4.83 Å². The van der Waals surface area contributed by atoms with Crippen LogP contribution >= 0.6 is 0 Å². The van der Waals surface area contributed by atoms with E-state index in [1.165, 1.54) is 12.1 Å². The Bertz CT molecular complexity index is 1330. The fourth-order valence-electron chi connectivity index (χ4n) is 3.11. The van der Waals surface area contributed by atoms with Crippen LogP contribution < -0.4 is 15.0 Å². The van der Waals surface area contributed by atoms with Gasteiger partial charge in [0.15, 0.2) is 0 Å². The van der Waals surface area contributed by atoms with Gasteiger partial charge < -0.3 is 9.72 Å². The Morgan fingerprint density at radius 1 is 0.931 bits per heavy atom. The summed E-state index contributed by atoms with van der Waals surface area (Å²) in [7, 11) is -2.25. The van der Waals surface area contributed by atoms with E-state index in [1.54, 1.807) is 31.4 Å². The van der Waals surface area contributed by atoms with Gasteiger partial charge in [0.1, 0.15) is 5.75 Å². The van der Waals surface area contributed by atoms with Crippen LogP contribution in [0.1, 0.15) is 15.9 Å². The Kier molecular flexibility index (Phi) is 4.73. The predicted molar refractivity (Wildman–Crippen MR) is 111 cm³/mol. The lowest BCUT2D eigenvalue weighted by atomic mass is 10.1. The van der Waals surface area contributed by atoms with E-state index in [1.807, 2.05) is 31.2 Å². The molecule has 0 saturated heterocycles. The second kappa shape index (κ2) is 7.23. The number of nitrogens with one attached hydrogen (secondary N) is 3. The lowest BCUT2D eigenvalue weighted by Gasteiger charge is -2.09. The molecular formula is C21H19N3O4S. The highest BCUT2D eigenvalue weighted by Crippen LogP contribution is 2.29. The van der Waals surface area contributed by atoms with E-state index >= 15 is 0 Å². The Morgan fingerprint density at radius 3 is 2.41 bits per heavy atom. The zero-order valence-corrected chi connectivity index (χ0v) is 16.6. The van der Waals surface area contributed by atoms with Gasteiger partial charge in [-0.05, 0) is 49.4 Å². The number of fused-ring (bicyclic) bond motifs is 3. The molecule has 0 bridgehead atoms. The molecule has 1 amide bonds. The molecule has 7 nitrogen and oxygen atoms in total. The number of benzene rings is 3. The fourth-order valence-corrected chi connectivity index (χ4v) is 3.95. The largest absolute Gasteiger partial charge is 0.497 e. The third-order valence-corrected chi connectivity index (χ3v) is 5.96. The number of rotatable bonds is 5. The van der Waals surface area contributed by atoms with E-state index in [0.29, 0.717) is 5.56 Å². The van der Waals surface area contributed by atoms with Crippen LogP contribution in [0.2, 0.25) is 0 Å². The number of H-pyrrole nitrogens is 1. The van der Waals surface area contributed by atoms with Crippen LogP contribution in [-0.2, 0) is 10.0 Å². The minimum absolute atomic E-state index is 0.0726. The lowest BCUT2D eigenvalue weighted by molar-refractivity contribution is 0.0945. The van der Waals surface area contributed by atoms with Gasteiger partial charge in [-0.3, -0.25) is 10.2 Å². The highest BCUT2D eigenvalue weighted by molar-refractivity contribution is 7.89. The maximum Gasteiger partial charge on any atom is 0.266 e. The molecule has 0 atom stereocenters. The number of aryl methyl sites for hydroxylation is 1. The summed E-state index contributed by atoms with van der Waals surface area (Å²) in [6.45, 7) is 1.86. The number of aromatic amines is 1. The number of sulfonamides is 1. The first-order valence-electron chi connectivity index (χ1n) is 8.86. The molecule has 0 saturated carbocycles. The number of carbonyl (C=O) groups excluding carboxylic acids is 1. The lowest BCUT2D eigenvalue weighted by Crippen LogP contribution is -2.41. The van der Waals surface area contributed by atoms with Gasteiger partial charge in [-0.2, -0.15) is 0 Å². The number of hydrogen-bond donors (Lipinski definition) is 3. The molecule has 3 aromatic carbocycles. The number of ether oxygens (including phenoxy) is 1. The monoisotopic (exact) mass is 409 g/mol. The minimum atomic E-state index is -3.85. The van der Waals surface area contributed by atoms with E-state index < -0.39 is 15.9 Å². The van der Waals surface area contributed by atoms with Crippen molar-refractivity contribution in [3.8, 4) is 5.75 Å². The standard InChI is InChI=1S/C21H19N3O4S/c1-13-3-7-16(8-4-13)29(26,27)24-23-21(25)14-5-9-17-18-12-15(28-2)6-10-19(18)22-20(17)11-14/h3-12,22,24H,1-2H3,(H,23,25). The van der Waals surface area contributed by atoms with E-state index in [0.717, 1.165) is 33.1 Å². The molecule has 148 valence electrons. The third kappa shape index (κ3) is 3.67. The summed E-state index contributed by atoms with van der Waals surface area (Å²) in [5, 5.41) is 1.92. The van der Waals surface area contributed by atoms with E-state index in [-0.39, 0.29) is 4.90 Å². The van der Waals surface area contributed by atoms with Crippen molar-refractivity contribution in [2.75, 3.05) is 7.11 Å². The van der Waals surface area contributed by atoms with Gasteiger partial charge >= 0.3 is 0 Å². The maximum atomic E-state index is 12.5. The highest BCUT2D eigenvalue weighted by atomic mass is 32.2. The van der Waals surface area contributed by atoms with E-state index in [2.05, 4.69) is 15.2 Å². The first kappa shape index (κ1) is 19.0. The number of hydrazine groups is 1. The molecule has 1 aromatic heterocycles. The normalized spacial score (nSPS) is 11.7. The summed E-state index contributed by atoms with van der Waals surface area (Å²) in [5.41, 5.74) is 5.20. The Morgan fingerprint density at radius 2 is 1.69 bits per heavy atom. The smallest absolute Gasteiger partial charge is 0.266 e. The molecule has 4 aromatic rings. The van der Waals surface area contributed by atoms with Crippen LogP contribution in [0.5, 0.6) is 5.75 Å². The van der Waals surface area contributed by atoms with Crippen LogP contribution in [0.15, 0.2) is 65.6 Å². The molecule has 0 radical (unpaired) electrons. The number of carbonyl (C=O) groups is 1. The van der Waals surface area contributed by atoms with Crippen molar-refractivity contribution in [1.82, 2.24) is 15.2 Å². The molecule has 0 unspecified atom stereocenters. The fraction of sp³-hybridized carbons (Fsp3) is 0.0952. The molecular weight excluding hydrogens is 390 g/mol. The van der Waals surface area contributed by atoms with Gasteiger partial charge in [-0.25, -0.2) is 8.42 Å². The van der Waals surface area contributed by atoms with Crippen molar-refractivity contribution in [3.05, 3.63) is 71.8 Å². The average Bonchev–Trinajstić information content (AvgIpc) is 3.09. The molecule has 3 N–H and O–H groups in total. The third-order valence-electron chi connectivity index (χ3n) is 4.70. The van der Waals surface area contributed by atoms with Gasteiger partial charge in [-0.1, -0.05) is 23.8 Å². The minimum Gasteiger partial charge on any atom is -0.497 e. The molecule has 0 fully saturated rings. The van der Waals surface area contributed by atoms with Gasteiger partial charge in [0, 0.05) is 27.4 Å². The van der Waals surface area contributed by atoms with Crippen LogP contribution in [0.4, 0.5) is 0 Å². The topological polar surface area (TPSA) is 100 Å². The Balaban J connectivity index is 1.57. The van der Waals surface area contributed by atoms with Crippen molar-refractivity contribution in [2.24, 2.45) is 0 Å². The zero-order valence-electron chi connectivity index (χ0n) is 15.8. The summed E-state index contributed by atoms with van der Waals surface area (Å²) < 4.78 is 29.9. The van der Waals surface area contributed by atoms with Gasteiger partial charge in [0.05, 0.1) is 12.0 Å². The maximum absolute atomic E-state index is 12.5. The van der Waals surface area contributed by atoms with Crippen LogP contribution in [0.25, 0.3) is 21.8 Å². The van der Waals surface area contributed by atoms with Crippen molar-refractivity contribution < 1.29 is 17.9 Å². The molecule has 0 aliphatic rings. The predicted octanol–water partition coefficient (Wildman–Crippen LogP) is 3.26. The van der Waals surface area contributed by atoms with E-state index in [9.17, 15) is 13.2 Å². The molecule has 4 rings (SSSR count). The SMILES string of the molecule is COc1ccc2[nH]c3cc(C(=O)NNS(=O)(=O)c4ccc(C)cc4)ccc3c2c1. The summed E-state index contributed by atoms with van der Waals surface area (Å²) in [5.74, 6) is 0.185. The van der Waals surface area contributed by atoms with Gasteiger partial charge in [0.25, 0.3) is 15.9 Å². The molecule has 1 heterocycles. The summed E-state index contributed by atoms with van der Waals surface area (Å²) in [4.78, 5) is 17.9. The Hall–Kier alpha value is -3.36. The van der Waals surface area contributed by atoms with Crippen LogP contribution in [-0.4, -0.2) is 26.4 Å². The van der Waals surface area contributed by atoms with Crippen LogP contribution in [0, 0.1) is 6.92 Å². The Labute approximate surface area is 167 Å². The number of hydrogen-bond acceptors (Lipinski definition) is 4. The first-order chi connectivity index (χ1) is 13.9. The molecule has 29 heavy (non-hydrogen) atoms. The van der Waals surface area contributed by atoms with E-state index in [4.69, 9.17) is 4.74 Å². The summed E-state index contributed by atoms with van der Waals surface area (Å²) in [6.07, 6.45) is 0. The average molecular weight is 409 g/mol. The summed E-state index contributed by atoms with van der Waals surface area (Å²) in [6, 6.07) is 17.2. The quantitative estimate of drug-likeness (QED) is 0.441. The van der Waals surface area contributed by atoms with Crippen molar-refractivity contribution in [2.45, 2.75) is 11.8 Å². The molecule has 0 aliphatic heterocycles. The highest BCUT2D eigenvalue weighted by Gasteiger charge is 2.16. The number of amides is 1. The molecule has 8 heteroatoms. The summed E-state index contributed by atoms with van der Waals surface area (Å²) >= 11 is 0. The van der Waals surface area contributed by atoms with Crippen molar-refractivity contribution >= 4 is 37.7 Å². The first-order valence-corrected chi connectivity index (χ1v) is 10.3. The molecule has 0 aliphatic carbocycles. The number of aromatic nitrogens is 1. The number of methoxy groups -OCH3 is 1. The zero-order chi connectivity index (χ0) is 20.6. The van der Waals surface area contributed by atoms with Gasteiger partial charge in [0.2, 0.25) is 0 Å². The van der Waals surface area contributed by atoms with Crippen LogP contribution in [0.3, 0.4) is 0 Å². The second-order valence-corrected chi connectivity index (χ2v) is 8.35. The molecule has 0 spiro atoms. The van der Waals surface area contributed by atoms with Crippen molar-refractivity contribution in [1.29, 1.82) is 0 Å². The second-order valence-electron chi connectivity index (χ2n) is 6.67. The van der Waals surface area contributed by atoms with Crippen molar-refractivity contribution in [3.63, 3.8) is 0 Å².